The van der Waals surface area contributed by atoms with E-state index in [1.807, 2.05) is 0 Å². The van der Waals surface area contributed by atoms with Gasteiger partial charge < -0.3 is 4.74 Å². The lowest BCUT2D eigenvalue weighted by atomic mass is 10.2. The zero-order valence-electron chi connectivity index (χ0n) is 9.09. The van der Waals surface area contributed by atoms with Crippen molar-refractivity contribution < 1.29 is 9.13 Å². The maximum Gasteiger partial charge on any atom is 0.124 e. The second-order valence-electron chi connectivity index (χ2n) is 3.67. The van der Waals surface area contributed by atoms with E-state index in [0.29, 0.717) is 20.3 Å². The first kappa shape index (κ1) is 13.7. The fourth-order valence-corrected chi connectivity index (χ4v) is 2.49. The molecule has 0 atom stereocenters. The summed E-state index contributed by atoms with van der Waals surface area (Å²) >= 11 is 14.9. The molecule has 0 heterocycles. The second kappa shape index (κ2) is 5.91. The van der Waals surface area contributed by atoms with E-state index >= 15 is 0 Å². The Labute approximate surface area is 123 Å². The van der Waals surface area contributed by atoms with Gasteiger partial charge in [0, 0.05) is 14.5 Å². The molecule has 0 N–H and O–H groups in total. The number of rotatable bonds is 3. The topological polar surface area (TPSA) is 9.23 Å². The molecule has 0 unspecified atom stereocenters. The largest absolute Gasteiger partial charge is 0.489 e. The van der Waals surface area contributed by atoms with Crippen LogP contribution in [0.25, 0.3) is 0 Å². The standard InChI is InChI=1S/C13H8BrCl2FO/c14-9-1-8(2-12(17)3-9)7-18-13-5-10(15)4-11(16)6-13/h1-6H,7H2. The second-order valence-corrected chi connectivity index (χ2v) is 5.46. The molecular formula is C13H8BrCl2FO. The highest BCUT2D eigenvalue weighted by Gasteiger charge is 2.02. The molecule has 5 heteroatoms. The van der Waals surface area contributed by atoms with Gasteiger partial charge in [-0.3, -0.25) is 0 Å². The number of benzene rings is 2. The Balaban J connectivity index is 2.11. The third-order valence-electron chi connectivity index (χ3n) is 2.16. The van der Waals surface area contributed by atoms with Crippen LogP contribution < -0.4 is 4.74 Å². The first-order chi connectivity index (χ1) is 8.52. The molecule has 94 valence electrons. The van der Waals surface area contributed by atoms with Crippen molar-refractivity contribution in [3.8, 4) is 5.75 Å². The van der Waals surface area contributed by atoms with Crippen LogP contribution in [0.3, 0.4) is 0 Å². The molecule has 0 fully saturated rings. The molecule has 0 aliphatic heterocycles. The van der Waals surface area contributed by atoms with Crippen LogP contribution in [0.1, 0.15) is 5.56 Å². The number of halogens is 4. The van der Waals surface area contributed by atoms with Gasteiger partial charge >= 0.3 is 0 Å². The van der Waals surface area contributed by atoms with Crippen LogP contribution in [0.5, 0.6) is 5.75 Å². The Hall–Kier alpha value is -0.770. The number of hydrogen-bond donors (Lipinski definition) is 0. The zero-order valence-corrected chi connectivity index (χ0v) is 12.2. The molecule has 0 radical (unpaired) electrons. The van der Waals surface area contributed by atoms with Gasteiger partial charge in [0.2, 0.25) is 0 Å². The molecule has 0 aromatic heterocycles. The quantitative estimate of drug-likeness (QED) is 0.713. The molecule has 2 aromatic rings. The third kappa shape index (κ3) is 3.87. The summed E-state index contributed by atoms with van der Waals surface area (Å²) in [7, 11) is 0. The summed E-state index contributed by atoms with van der Waals surface area (Å²) in [5.41, 5.74) is 0.720. The molecule has 1 nitrogen and oxygen atoms in total. The maximum atomic E-state index is 13.2. The minimum Gasteiger partial charge on any atom is -0.489 e. The van der Waals surface area contributed by atoms with Gasteiger partial charge in [-0.1, -0.05) is 39.1 Å². The first-order valence-corrected chi connectivity index (χ1v) is 6.62. The van der Waals surface area contributed by atoms with Crippen molar-refractivity contribution in [2.45, 2.75) is 6.61 Å². The van der Waals surface area contributed by atoms with E-state index in [-0.39, 0.29) is 12.4 Å². The molecule has 0 amide bonds. The lowest BCUT2D eigenvalue weighted by Gasteiger charge is -2.08. The van der Waals surface area contributed by atoms with Gasteiger partial charge in [-0.15, -0.1) is 0 Å². The fourth-order valence-electron chi connectivity index (χ4n) is 1.47. The molecular weight excluding hydrogens is 342 g/mol. The van der Waals surface area contributed by atoms with Crippen molar-refractivity contribution >= 4 is 39.1 Å². The average molecular weight is 350 g/mol. The van der Waals surface area contributed by atoms with Crippen molar-refractivity contribution in [2.24, 2.45) is 0 Å². The van der Waals surface area contributed by atoms with E-state index in [1.165, 1.54) is 12.1 Å². The smallest absolute Gasteiger partial charge is 0.124 e. The lowest BCUT2D eigenvalue weighted by Crippen LogP contribution is -1.96. The van der Waals surface area contributed by atoms with Crippen molar-refractivity contribution in [3.63, 3.8) is 0 Å². The van der Waals surface area contributed by atoms with Crippen LogP contribution in [0, 0.1) is 5.82 Å². The molecule has 0 aliphatic carbocycles. The minimum atomic E-state index is -0.313. The van der Waals surface area contributed by atoms with Crippen molar-refractivity contribution in [1.29, 1.82) is 0 Å². The molecule has 0 bridgehead atoms. The summed E-state index contributed by atoms with van der Waals surface area (Å²) in [5.74, 6) is 0.236. The van der Waals surface area contributed by atoms with Gasteiger partial charge in [0.15, 0.2) is 0 Å². The predicted molar refractivity (Wildman–Crippen MR) is 74.9 cm³/mol. The van der Waals surface area contributed by atoms with Gasteiger partial charge in [-0.25, -0.2) is 4.39 Å². The maximum absolute atomic E-state index is 13.2. The third-order valence-corrected chi connectivity index (χ3v) is 3.06. The normalized spacial score (nSPS) is 10.4. The van der Waals surface area contributed by atoms with E-state index in [1.54, 1.807) is 24.3 Å². The average Bonchev–Trinajstić information content (AvgIpc) is 2.23. The predicted octanol–water partition coefficient (Wildman–Crippen LogP) is 5.47. The summed E-state index contributed by atoms with van der Waals surface area (Å²) in [6.45, 7) is 0.243. The molecule has 2 rings (SSSR count). The van der Waals surface area contributed by atoms with Gasteiger partial charge in [0.05, 0.1) is 0 Å². The van der Waals surface area contributed by atoms with Crippen LogP contribution in [0.2, 0.25) is 10.0 Å². The number of ether oxygens (including phenoxy) is 1. The summed E-state index contributed by atoms with van der Waals surface area (Å²) < 4.78 is 19.3. The van der Waals surface area contributed by atoms with E-state index in [4.69, 9.17) is 27.9 Å². The Morgan fingerprint density at radius 2 is 1.67 bits per heavy atom. The van der Waals surface area contributed by atoms with Crippen LogP contribution in [-0.4, -0.2) is 0 Å². The summed E-state index contributed by atoms with van der Waals surface area (Å²) in [4.78, 5) is 0. The molecule has 0 aliphatic rings. The van der Waals surface area contributed by atoms with E-state index < -0.39 is 0 Å². The van der Waals surface area contributed by atoms with Crippen molar-refractivity contribution in [1.82, 2.24) is 0 Å². The molecule has 2 aromatic carbocycles. The summed E-state index contributed by atoms with van der Waals surface area (Å²) in [6.07, 6.45) is 0. The molecule has 0 spiro atoms. The molecule has 0 saturated carbocycles. The summed E-state index contributed by atoms with van der Waals surface area (Å²) in [5, 5.41) is 0.996. The minimum absolute atomic E-state index is 0.243. The van der Waals surface area contributed by atoms with Gasteiger partial charge in [-0.05, 0) is 42.0 Å². The Morgan fingerprint density at radius 1 is 1.00 bits per heavy atom. The fraction of sp³-hybridized carbons (Fsp3) is 0.0769. The van der Waals surface area contributed by atoms with Crippen LogP contribution >= 0.6 is 39.1 Å². The summed E-state index contributed by atoms with van der Waals surface area (Å²) in [6, 6.07) is 9.52. The first-order valence-electron chi connectivity index (χ1n) is 5.07. The lowest BCUT2D eigenvalue weighted by molar-refractivity contribution is 0.305. The highest BCUT2D eigenvalue weighted by Crippen LogP contribution is 2.25. The molecule has 18 heavy (non-hydrogen) atoms. The van der Waals surface area contributed by atoms with Gasteiger partial charge in [-0.2, -0.15) is 0 Å². The SMILES string of the molecule is Fc1cc(Br)cc(COc2cc(Cl)cc(Cl)c2)c1. The Morgan fingerprint density at radius 3 is 2.28 bits per heavy atom. The Bertz CT molecular complexity index is 483. The zero-order chi connectivity index (χ0) is 13.1. The van der Waals surface area contributed by atoms with E-state index in [9.17, 15) is 4.39 Å². The van der Waals surface area contributed by atoms with Gasteiger partial charge in [0.1, 0.15) is 18.2 Å². The Kier molecular flexibility index (Phi) is 4.49. The van der Waals surface area contributed by atoms with E-state index in [2.05, 4.69) is 15.9 Å². The monoisotopic (exact) mass is 348 g/mol. The van der Waals surface area contributed by atoms with Crippen molar-refractivity contribution in [3.05, 3.63) is 62.3 Å². The van der Waals surface area contributed by atoms with Crippen LogP contribution in [0.4, 0.5) is 4.39 Å². The van der Waals surface area contributed by atoms with Crippen molar-refractivity contribution in [2.75, 3.05) is 0 Å². The van der Waals surface area contributed by atoms with Crippen LogP contribution in [-0.2, 0) is 6.61 Å². The highest BCUT2D eigenvalue weighted by molar-refractivity contribution is 9.10. The van der Waals surface area contributed by atoms with Gasteiger partial charge in [0.25, 0.3) is 0 Å². The number of hydrogen-bond acceptors (Lipinski definition) is 1. The highest BCUT2D eigenvalue weighted by atomic mass is 79.9. The van der Waals surface area contributed by atoms with Crippen LogP contribution in [0.15, 0.2) is 40.9 Å². The molecule has 0 saturated heterocycles. The van der Waals surface area contributed by atoms with E-state index in [0.717, 1.165) is 5.56 Å².